The smallest absolute Gasteiger partial charge is 0.334 e. The first-order valence-corrected chi connectivity index (χ1v) is 8.78. The van der Waals surface area contributed by atoms with Gasteiger partial charge in [-0.05, 0) is 42.8 Å². The highest BCUT2D eigenvalue weighted by molar-refractivity contribution is 7.92. The molecule has 1 heterocycles. The van der Waals surface area contributed by atoms with Crippen LogP contribution in [-0.4, -0.2) is 18.4 Å². The SMILES string of the molecule is Cc1ccc(S(=O)(=O)Nc2ccc3nc(C(F)(F)F)[nH]c3c2)cc1Cl. The molecule has 2 aromatic carbocycles. The lowest BCUT2D eigenvalue weighted by molar-refractivity contribution is -0.144. The van der Waals surface area contributed by atoms with Gasteiger partial charge in [0.05, 0.1) is 21.6 Å². The van der Waals surface area contributed by atoms with Crippen LogP contribution in [0.4, 0.5) is 18.9 Å². The van der Waals surface area contributed by atoms with Crippen LogP contribution >= 0.6 is 11.6 Å². The first kappa shape index (κ1) is 17.6. The van der Waals surface area contributed by atoms with Crippen molar-refractivity contribution in [3.63, 3.8) is 0 Å². The van der Waals surface area contributed by atoms with Gasteiger partial charge in [-0.15, -0.1) is 0 Å². The molecular formula is C15H11ClF3N3O2S. The highest BCUT2D eigenvalue weighted by Crippen LogP contribution is 2.30. The minimum absolute atomic E-state index is 0.0520. The number of aromatic nitrogens is 2. The van der Waals surface area contributed by atoms with Crippen LogP contribution in [0.5, 0.6) is 0 Å². The molecule has 0 radical (unpaired) electrons. The van der Waals surface area contributed by atoms with Gasteiger partial charge >= 0.3 is 6.18 Å². The molecule has 0 aliphatic rings. The van der Waals surface area contributed by atoms with E-state index in [-0.39, 0.29) is 21.6 Å². The average molecular weight is 390 g/mol. The van der Waals surface area contributed by atoms with Crippen LogP contribution < -0.4 is 4.72 Å². The minimum atomic E-state index is -4.61. The number of fused-ring (bicyclic) bond motifs is 1. The van der Waals surface area contributed by atoms with Crippen LogP contribution in [-0.2, 0) is 16.2 Å². The van der Waals surface area contributed by atoms with Crippen molar-refractivity contribution in [2.75, 3.05) is 4.72 Å². The molecule has 0 fully saturated rings. The number of imidazole rings is 1. The molecule has 0 spiro atoms. The molecule has 25 heavy (non-hydrogen) atoms. The van der Waals surface area contributed by atoms with Gasteiger partial charge in [-0.3, -0.25) is 4.72 Å². The van der Waals surface area contributed by atoms with Crippen molar-refractivity contribution >= 4 is 38.3 Å². The Bertz CT molecular complexity index is 1060. The van der Waals surface area contributed by atoms with Crippen LogP contribution in [0.1, 0.15) is 11.4 Å². The maximum atomic E-state index is 12.7. The first-order valence-electron chi connectivity index (χ1n) is 6.92. The second kappa shape index (κ2) is 5.92. The predicted octanol–water partition coefficient (Wildman–Crippen LogP) is 4.34. The summed E-state index contributed by atoms with van der Waals surface area (Å²) in [6.07, 6.45) is -4.61. The maximum absolute atomic E-state index is 12.7. The largest absolute Gasteiger partial charge is 0.449 e. The number of aryl methyl sites for hydroxylation is 1. The molecule has 3 rings (SSSR count). The van der Waals surface area contributed by atoms with Crippen molar-refractivity contribution in [3.05, 3.63) is 52.8 Å². The monoisotopic (exact) mass is 389 g/mol. The highest BCUT2D eigenvalue weighted by Gasteiger charge is 2.34. The molecule has 0 aliphatic carbocycles. The fourth-order valence-corrected chi connectivity index (χ4v) is 3.48. The summed E-state index contributed by atoms with van der Waals surface area (Å²) in [5.74, 6) is -1.15. The summed E-state index contributed by atoms with van der Waals surface area (Å²) in [6, 6.07) is 8.11. The molecule has 1 aromatic heterocycles. The number of rotatable bonds is 3. The molecule has 0 unspecified atom stereocenters. The number of nitrogens with one attached hydrogen (secondary N) is 2. The number of nitrogens with zero attached hydrogens (tertiary/aromatic N) is 1. The van der Waals surface area contributed by atoms with Gasteiger partial charge < -0.3 is 4.98 Å². The third-order valence-corrected chi connectivity index (χ3v) is 5.24. The van der Waals surface area contributed by atoms with Crippen LogP contribution in [0.3, 0.4) is 0 Å². The lowest BCUT2D eigenvalue weighted by Crippen LogP contribution is -2.13. The molecule has 0 amide bonds. The van der Waals surface area contributed by atoms with Crippen molar-refractivity contribution in [1.82, 2.24) is 9.97 Å². The summed E-state index contributed by atoms with van der Waals surface area (Å²) in [5.41, 5.74) is 0.962. The van der Waals surface area contributed by atoms with Crippen molar-refractivity contribution in [2.24, 2.45) is 0 Å². The van der Waals surface area contributed by atoms with Crippen molar-refractivity contribution in [2.45, 2.75) is 18.0 Å². The zero-order valence-electron chi connectivity index (χ0n) is 12.6. The number of aromatic amines is 1. The van der Waals surface area contributed by atoms with Gasteiger partial charge in [0, 0.05) is 5.02 Å². The molecular weight excluding hydrogens is 379 g/mol. The van der Waals surface area contributed by atoms with E-state index in [1.54, 1.807) is 13.0 Å². The van der Waals surface area contributed by atoms with Gasteiger partial charge in [-0.2, -0.15) is 13.2 Å². The summed E-state index contributed by atoms with van der Waals surface area (Å²) in [5, 5.41) is 0.293. The second-order valence-electron chi connectivity index (χ2n) is 5.33. The molecule has 10 heteroatoms. The molecule has 5 nitrogen and oxygen atoms in total. The standard InChI is InChI=1S/C15H11ClF3N3O2S/c1-8-2-4-10(7-11(8)16)25(23,24)22-9-3-5-12-13(6-9)21-14(20-12)15(17,18)19/h2-7,22H,1H3,(H,20,21). The van der Waals surface area contributed by atoms with Gasteiger partial charge in [0.15, 0.2) is 0 Å². The third kappa shape index (κ3) is 3.57. The number of H-pyrrole nitrogens is 1. The van der Waals surface area contributed by atoms with E-state index in [1.807, 2.05) is 0 Å². The summed E-state index contributed by atoms with van der Waals surface area (Å²) >= 11 is 5.93. The van der Waals surface area contributed by atoms with E-state index in [0.29, 0.717) is 5.02 Å². The normalized spacial score (nSPS) is 12.5. The van der Waals surface area contributed by atoms with Gasteiger partial charge in [0.1, 0.15) is 0 Å². The Balaban J connectivity index is 1.95. The summed E-state index contributed by atoms with van der Waals surface area (Å²) < 4.78 is 65.1. The summed E-state index contributed by atoms with van der Waals surface area (Å²) in [6.45, 7) is 1.73. The van der Waals surface area contributed by atoms with Crippen LogP contribution in [0.25, 0.3) is 11.0 Å². The van der Waals surface area contributed by atoms with Gasteiger partial charge in [0.25, 0.3) is 10.0 Å². The molecule has 0 atom stereocenters. The number of hydrogen-bond acceptors (Lipinski definition) is 3. The Morgan fingerprint density at radius 1 is 1.16 bits per heavy atom. The predicted molar refractivity (Wildman–Crippen MR) is 88.1 cm³/mol. The van der Waals surface area contributed by atoms with Gasteiger partial charge in [-0.25, -0.2) is 13.4 Å². The Kier molecular flexibility index (Phi) is 4.16. The first-order chi connectivity index (χ1) is 11.6. The van der Waals surface area contributed by atoms with E-state index in [1.165, 1.54) is 30.3 Å². The number of sulfonamides is 1. The molecule has 0 saturated carbocycles. The second-order valence-corrected chi connectivity index (χ2v) is 7.42. The number of benzene rings is 2. The van der Waals surface area contributed by atoms with E-state index in [0.717, 1.165) is 5.56 Å². The number of anilines is 1. The number of alkyl halides is 3. The van der Waals surface area contributed by atoms with Crippen molar-refractivity contribution < 1.29 is 21.6 Å². The lowest BCUT2D eigenvalue weighted by Gasteiger charge is -2.09. The van der Waals surface area contributed by atoms with Gasteiger partial charge in [-0.1, -0.05) is 17.7 Å². The van der Waals surface area contributed by atoms with E-state index in [4.69, 9.17) is 11.6 Å². The van der Waals surface area contributed by atoms with E-state index in [2.05, 4.69) is 14.7 Å². The number of halogens is 4. The van der Waals surface area contributed by atoms with Gasteiger partial charge in [0.2, 0.25) is 5.82 Å². The average Bonchev–Trinajstić information content (AvgIpc) is 2.93. The van der Waals surface area contributed by atoms with Crippen LogP contribution in [0.2, 0.25) is 5.02 Å². The zero-order valence-corrected chi connectivity index (χ0v) is 14.2. The summed E-state index contributed by atoms with van der Waals surface area (Å²) in [7, 11) is -3.93. The van der Waals surface area contributed by atoms with E-state index < -0.39 is 22.0 Å². The maximum Gasteiger partial charge on any atom is 0.449 e. The van der Waals surface area contributed by atoms with Crippen molar-refractivity contribution in [1.29, 1.82) is 0 Å². The lowest BCUT2D eigenvalue weighted by atomic mass is 10.2. The Morgan fingerprint density at radius 3 is 2.52 bits per heavy atom. The fraction of sp³-hybridized carbons (Fsp3) is 0.133. The van der Waals surface area contributed by atoms with Crippen LogP contribution in [0, 0.1) is 6.92 Å². The molecule has 0 saturated heterocycles. The van der Waals surface area contributed by atoms with E-state index >= 15 is 0 Å². The van der Waals surface area contributed by atoms with Crippen molar-refractivity contribution in [3.8, 4) is 0 Å². The highest BCUT2D eigenvalue weighted by atomic mass is 35.5. The third-order valence-electron chi connectivity index (χ3n) is 3.46. The fourth-order valence-electron chi connectivity index (χ4n) is 2.16. The zero-order chi connectivity index (χ0) is 18.4. The Morgan fingerprint density at radius 2 is 1.88 bits per heavy atom. The molecule has 132 valence electrons. The van der Waals surface area contributed by atoms with Crippen LogP contribution in [0.15, 0.2) is 41.3 Å². The van der Waals surface area contributed by atoms with E-state index in [9.17, 15) is 21.6 Å². The Labute approximate surface area is 145 Å². The number of hydrogen-bond donors (Lipinski definition) is 2. The molecule has 3 aromatic rings. The molecule has 2 N–H and O–H groups in total. The minimum Gasteiger partial charge on any atom is -0.334 e. The molecule has 0 aliphatic heterocycles. The Hall–Kier alpha value is -2.26. The molecule has 0 bridgehead atoms. The summed E-state index contributed by atoms with van der Waals surface area (Å²) in [4.78, 5) is 5.50. The quantitative estimate of drug-likeness (QED) is 0.699. The topological polar surface area (TPSA) is 74.8 Å².